The van der Waals surface area contributed by atoms with Crippen LogP contribution in [0.25, 0.3) is 52.2 Å². The van der Waals surface area contributed by atoms with Gasteiger partial charge in [-0.2, -0.15) is 0 Å². The second-order valence-corrected chi connectivity index (χ2v) is 18.4. The largest absolute Gasteiger partial charge is 1.00 e. The Hall–Kier alpha value is -4.87. The number of para-hydroxylation sites is 6. The van der Waals surface area contributed by atoms with E-state index >= 15 is 0 Å². The molecule has 0 bridgehead atoms. The standard InChI is InChI=1S/C39H25N3OS.C14H7BrN2OS.HI.K.H/c43-37-29-24-23-28(25-36(29)44-38-40-32-19-9-12-22-35(32)42(37)38)41-33-20-10-7-17-30(33)39(26-13-3-1-4-14-26,27-15-5-2-6-16-27)31-18-8-11-21-34(31)41;15-8-5-6-9-12(7-8)19-14-16-10-3-1-2-4-11(10)17(14)13(9)18;;;/h1-25H;1-7H;1H;;/q;;;+1;-1. The normalized spacial score (nSPS) is 12.7. The van der Waals surface area contributed by atoms with Gasteiger partial charge < -0.3 is 6.33 Å². The van der Waals surface area contributed by atoms with Gasteiger partial charge in [-0.3, -0.25) is 9.59 Å². The van der Waals surface area contributed by atoms with E-state index in [1.54, 1.807) is 20.1 Å². The van der Waals surface area contributed by atoms with Crippen molar-refractivity contribution in [2.75, 3.05) is 4.90 Å². The molecule has 0 amide bonds. The van der Waals surface area contributed by atoms with Crippen LogP contribution in [0.2, 0.25) is 0 Å². The Morgan fingerprint density at radius 3 is 1.45 bits per heavy atom. The summed E-state index contributed by atoms with van der Waals surface area (Å²) in [4.78, 5) is 39.4. The van der Waals surface area contributed by atoms with Gasteiger partial charge in [0, 0.05) is 19.6 Å². The van der Waals surface area contributed by atoms with Gasteiger partial charge in [0.15, 0.2) is 9.92 Å². The van der Waals surface area contributed by atoms with Gasteiger partial charge in [-0.25, -0.2) is 18.8 Å². The fraction of sp³-hybridized carbons (Fsp3) is 0.0189. The van der Waals surface area contributed by atoms with E-state index in [-0.39, 0.29) is 87.9 Å². The second-order valence-electron chi connectivity index (χ2n) is 15.4. The van der Waals surface area contributed by atoms with Gasteiger partial charge in [-0.1, -0.05) is 160 Å². The van der Waals surface area contributed by atoms with E-state index in [1.165, 1.54) is 33.6 Å². The minimum absolute atomic E-state index is 0. The molecule has 0 aliphatic carbocycles. The van der Waals surface area contributed by atoms with E-state index in [0.717, 1.165) is 63.3 Å². The molecule has 13 rings (SSSR count). The predicted molar refractivity (Wildman–Crippen MR) is 279 cm³/mol. The molecule has 8 aromatic carbocycles. The molecule has 1 aliphatic rings. The number of fused-ring (bicyclic) bond motifs is 10. The van der Waals surface area contributed by atoms with Crippen LogP contribution in [-0.4, -0.2) is 18.8 Å². The topological polar surface area (TPSA) is 72.0 Å². The van der Waals surface area contributed by atoms with Gasteiger partial charge in [-0.05, 0) is 95.1 Å². The first-order chi connectivity index (χ1) is 31.0. The number of rotatable bonds is 3. The minimum Gasteiger partial charge on any atom is -1.00 e. The third kappa shape index (κ3) is 7.08. The molecule has 0 saturated carbocycles. The molecule has 0 saturated heterocycles. The van der Waals surface area contributed by atoms with Gasteiger partial charge in [0.25, 0.3) is 11.1 Å². The Morgan fingerprint density at radius 2 is 0.923 bits per heavy atom. The van der Waals surface area contributed by atoms with Gasteiger partial charge in [0.2, 0.25) is 0 Å². The molecule has 0 fully saturated rings. The summed E-state index contributed by atoms with van der Waals surface area (Å²) in [5.74, 6) is 0. The molecule has 12 heteroatoms. The molecule has 4 aromatic heterocycles. The zero-order valence-corrected chi connectivity index (χ0v) is 43.3. The van der Waals surface area contributed by atoms with E-state index < -0.39 is 5.41 Å². The number of imidazole rings is 2. The fourth-order valence-corrected chi connectivity index (χ4v) is 12.0. The molecular formula is C53H34BrIKN5O2S2. The van der Waals surface area contributed by atoms with Gasteiger partial charge in [0.1, 0.15) is 0 Å². The summed E-state index contributed by atoms with van der Waals surface area (Å²) in [5, 5.41) is 1.42. The molecular weight excluding hydrogens is 1050 g/mol. The molecule has 0 N–H and O–H groups in total. The van der Waals surface area contributed by atoms with Gasteiger partial charge in [0.05, 0.1) is 49.6 Å². The van der Waals surface area contributed by atoms with Crippen LogP contribution in [0.15, 0.2) is 208 Å². The molecule has 5 heterocycles. The van der Waals surface area contributed by atoms with Crippen molar-refractivity contribution in [3.63, 3.8) is 0 Å². The van der Waals surface area contributed by atoms with E-state index in [0.29, 0.717) is 10.3 Å². The molecule has 0 atom stereocenters. The first-order valence-corrected chi connectivity index (χ1v) is 22.9. The quantitative estimate of drug-likeness (QED) is 0.130. The maximum atomic E-state index is 13.8. The Kier molecular flexibility index (Phi) is 12.0. The number of hydrogen-bond donors (Lipinski definition) is 0. The van der Waals surface area contributed by atoms with E-state index in [9.17, 15) is 9.59 Å². The Morgan fingerprint density at radius 1 is 0.492 bits per heavy atom. The predicted octanol–water partition coefficient (Wildman–Crippen LogP) is 10.8. The molecule has 0 unspecified atom stereocenters. The molecule has 310 valence electrons. The Labute approximate surface area is 449 Å². The number of nitrogens with zero attached hydrogens (tertiary/aromatic N) is 5. The number of hydrogen-bond acceptors (Lipinski definition) is 7. The summed E-state index contributed by atoms with van der Waals surface area (Å²) in [6.45, 7) is 0. The van der Waals surface area contributed by atoms with Crippen molar-refractivity contribution < 1.29 is 52.8 Å². The van der Waals surface area contributed by atoms with E-state index in [1.807, 2.05) is 72.8 Å². The maximum Gasteiger partial charge on any atom is 1.00 e. The summed E-state index contributed by atoms with van der Waals surface area (Å²) in [5.41, 5.74) is 10.9. The van der Waals surface area contributed by atoms with Crippen LogP contribution in [0.1, 0.15) is 23.7 Å². The van der Waals surface area contributed by atoms with Crippen molar-refractivity contribution in [2.24, 2.45) is 0 Å². The minimum atomic E-state index is -0.518. The van der Waals surface area contributed by atoms with Crippen LogP contribution in [0, 0.1) is 0 Å². The van der Waals surface area contributed by atoms with E-state index in [2.05, 4.69) is 147 Å². The summed E-state index contributed by atoms with van der Waals surface area (Å²) in [6.07, 6.45) is 0. The number of anilines is 3. The number of aromatic nitrogens is 4. The third-order valence-electron chi connectivity index (χ3n) is 12.0. The smallest absolute Gasteiger partial charge is 1.00 e. The summed E-state index contributed by atoms with van der Waals surface area (Å²) >= 11 is 6.51. The average molecular weight is 1080 g/mol. The summed E-state index contributed by atoms with van der Waals surface area (Å²) in [7, 11) is 0. The molecule has 1 aliphatic heterocycles. The van der Waals surface area contributed by atoms with Crippen molar-refractivity contribution >= 4 is 132 Å². The van der Waals surface area contributed by atoms with Gasteiger partial charge in [-0.15, -0.1) is 24.0 Å². The first kappa shape index (κ1) is 44.0. The van der Waals surface area contributed by atoms with Crippen LogP contribution in [0.5, 0.6) is 0 Å². The SMILES string of the molecule is I.O=c1c2ccc(Br)cc2sc2nc3ccccc3n12.O=c1c2ccc(N3c4ccccc4C(c4ccccc4)(c4ccccc4)c4ccccc43)cc2sc2nc3ccccc3n12.[H-].[K+]. The third-order valence-corrected chi connectivity index (χ3v) is 14.5. The molecule has 0 spiro atoms. The molecule has 12 aromatic rings. The van der Waals surface area contributed by atoms with Crippen molar-refractivity contribution in [1.82, 2.24) is 18.8 Å². The fourth-order valence-electron chi connectivity index (χ4n) is 9.33. The van der Waals surface area contributed by atoms with Crippen LogP contribution in [0.3, 0.4) is 0 Å². The average Bonchev–Trinajstić information content (AvgIpc) is 3.90. The second kappa shape index (κ2) is 17.7. The number of benzene rings is 8. The zero-order valence-electron chi connectivity index (χ0n) is 35.6. The monoisotopic (exact) mass is 1080 g/mol. The van der Waals surface area contributed by atoms with Crippen LogP contribution in [0.4, 0.5) is 17.1 Å². The first-order valence-electron chi connectivity index (χ1n) is 20.4. The number of halogens is 2. The summed E-state index contributed by atoms with van der Waals surface area (Å²) < 4.78 is 6.25. The van der Waals surface area contributed by atoms with Crippen molar-refractivity contribution in [1.29, 1.82) is 0 Å². The Balaban J connectivity index is 0.000000210. The van der Waals surface area contributed by atoms with Crippen LogP contribution in [-0.2, 0) is 5.41 Å². The van der Waals surface area contributed by atoms with Crippen LogP contribution >= 0.6 is 62.6 Å². The van der Waals surface area contributed by atoms with Gasteiger partial charge >= 0.3 is 51.4 Å². The molecule has 65 heavy (non-hydrogen) atoms. The van der Waals surface area contributed by atoms with Crippen LogP contribution < -0.4 is 67.4 Å². The molecule has 7 nitrogen and oxygen atoms in total. The van der Waals surface area contributed by atoms with E-state index in [4.69, 9.17) is 4.98 Å². The maximum absolute atomic E-state index is 13.8. The Bertz CT molecular complexity index is 3830. The summed E-state index contributed by atoms with van der Waals surface area (Å²) in [6, 6.07) is 66.5. The van der Waals surface area contributed by atoms with Crippen molar-refractivity contribution in [3.05, 3.63) is 242 Å². The molecule has 0 radical (unpaired) electrons. The van der Waals surface area contributed by atoms with Crippen molar-refractivity contribution in [2.45, 2.75) is 5.41 Å². The van der Waals surface area contributed by atoms with Crippen molar-refractivity contribution in [3.8, 4) is 0 Å². The zero-order chi connectivity index (χ0) is 42.2.